The average Bonchev–Trinajstić information content (AvgIpc) is 3.11. The van der Waals surface area contributed by atoms with Crippen LogP contribution in [-0.4, -0.2) is 174 Å². The lowest BCUT2D eigenvalue weighted by atomic mass is 9.72. The Bertz CT molecular complexity index is 1180. The third-order valence-corrected chi connectivity index (χ3v) is 11.8. The highest BCUT2D eigenvalue weighted by Crippen LogP contribution is 2.44. The number of aliphatic hydroxyl groups is 10. The second-order valence-corrected chi connectivity index (χ2v) is 15.5. The fourth-order valence-electron chi connectivity index (χ4n) is 8.65. The molecule has 18 atom stereocenters. The number of esters is 1. The Labute approximate surface area is 301 Å². The van der Waals surface area contributed by atoms with E-state index in [4.69, 9.17) is 28.4 Å². The number of hydrogen-bond donors (Lipinski definition) is 10. The van der Waals surface area contributed by atoms with Crippen LogP contribution in [0.25, 0.3) is 0 Å². The normalized spacial score (nSPS) is 50.4. The lowest BCUT2D eigenvalue weighted by Crippen LogP contribution is -2.65. The Kier molecular flexibility index (Phi) is 13.6. The molecule has 9 unspecified atom stereocenters. The van der Waals surface area contributed by atoms with Crippen molar-refractivity contribution in [2.75, 3.05) is 13.2 Å². The molecule has 17 heteroatoms. The molecule has 3 saturated carbocycles. The number of carbonyl (C=O) groups excluding carboxylic acids is 1. The van der Waals surface area contributed by atoms with Gasteiger partial charge >= 0.3 is 5.97 Å². The van der Waals surface area contributed by atoms with E-state index < -0.39 is 123 Å². The van der Waals surface area contributed by atoms with Gasteiger partial charge in [0.05, 0.1) is 55.4 Å². The molecule has 0 aromatic rings. The van der Waals surface area contributed by atoms with Crippen molar-refractivity contribution in [3.8, 4) is 0 Å². The Hall–Kier alpha value is -1.39. The number of rotatable bonds is 9. The van der Waals surface area contributed by atoms with Crippen LogP contribution in [0.2, 0.25) is 0 Å². The SMILES string of the molecule is O=C(C=CC1CCC(O)CC1)OC[C@H]1O[C@@H](OC2CC3C(O)CC(O)CC3OC2C2CCC(O)C(O)C2)[C@H](O[C@@H]2OC[C@@H](O)[C@H](O)[C@H]2O)[C@@H](O)[C@@H]1O. The summed E-state index contributed by atoms with van der Waals surface area (Å²) in [5, 5.41) is 105. The van der Waals surface area contributed by atoms with Crippen LogP contribution in [0.5, 0.6) is 0 Å². The molecule has 0 aromatic heterocycles. The standard InChI is InChI=1S/C35H56O17/c36-17-5-1-15(2-6-17)3-8-27(42)47-14-26-29(44)30(45)33(52-34-31(46)28(43)23(41)13-48-34)35(51-26)50-25-12-19-21(39)10-18(37)11-24(19)49-32(25)16-4-7-20(38)22(40)9-16/h3,8,15-26,28-41,43-46H,1-2,4-7,9-14H2/t15?,16?,17?,18?,19?,20?,21?,22?,23-,24?,25?,26-,28+,29-,30+,31-,32?,33-,34+,35-/m1/s1. The van der Waals surface area contributed by atoms with Crippen LogP contribution in [0.15, 0.2) is 12.2 Å². The quantitative estimate of drug-likeness (QED) is 0.0837. The van der Waals surface area contributed by atoms with Crippen LogP contribution >= 0.6 is 0 Å². The van der Waals surface area contributed by atoms with Crippen LogP contribution in [0.1, 0.15) is 64.2 Å². The Morgan fingerprint density at radius 1 is 0.654 bits per heavy atom. The van der Waals surface area contributed by atoms with E-state index >= 15 is 0 Å². The van der Waals surface area contributed by atoms with Gasteiger partial charge in [0.1, 0.15) is 49.3 Å². The molecule has 3 heterocycles. The van der Waals surface area contributed by atoms with Crippen LogP contribution in [0, 0.1) is 17.8 Å². The third-order valence-electron chi connectivity index (χ3n) is 11.8. The molecule has 6 fully saturated rings. The molecule has 0 spiro atoms. The predicted molar refractivity (Wildman–Crippen MR) is 174 cm³/mol. The maximum atomic E-state index is 12.7. The van der Waals surface area contributed by atoms with Gasteiger partial charge in [-0.15, -0.1) is 0 Å². The lowest BCUT2D eigenvalue weighted by molar-refractivity contribution is -0.371. The second kappa shape index (κ2) is 17.6. The van der Waals surface area contributed by atoms with E-state index in [1.807, 2.05) is 0 Å². The van der Waals surface area contributed by atoms with Crippen molar-refractivity contribution in [3.63, 3.8) is 0 Å². The predicted octanol–water partition coefficient (Wildman–Crippen LogP) is -2.90. The van der Waals surface area contributed by atoms with Crippen molar-refractivity contribution in [2.45, 2.75) is 168 Å². The van der Waals surface area contributed by atoms with Gasteiger partial charge in [0.25, 0.3) is 0 Å². The summed E-state index contributed by atoms with van der Waals surface area (Å²) in [7, 11) is 0. The van der Waals surface area contributed by atoms with Crippen molar-refractivity contribution in [1.29, 1.82) is 0 Å². The second-order valence-electron chi connectivity index (χ2n) is 15.5. The number of fused-ring (bicyclic) bond motifs is 1. The summed E-state index contributed by atoms with van der Waals surface area (Å²) in [5.74, 6) is -1.39. The van der Waals surface area contributed by atoms with E-state index in [2.05, 4.69) is 0 Å². The fraction of sp³-hybridized carbons (Fsp3) is 0.914. The van der Waals surface area contributed by atoms with Crippen LogP contribution < -0.4 is 0 Å². The van der Waals surface area contributed by atoms with Crippen LogP contribution in [-0.2, 0) is 33.2 Å². The van der Waals surface area contributed by atoms with Crippen LogP contribution in [0.3, 0.4) is 0 Å². The van der Waals surface area contributed by atoms with E-state index in [1.165, 1.54) is 6.08 Å². The fourth-order valence-corrected chi connectivity index (χ4v) is 8.65. The zero-order valence-corrected chi connectivity index (χ0v) is 29.0. The highest BCUT2D eigenvalue weighted by molar-refractivity contribution is 5.81. The van der Waals surface area contributed by atoms with Gasteiger partial charge < -0.3 is 79.5 Å². The van der Waals surface area contributed by atoms with Gasteiger partial charge in [-0.3, -0.25) is 0 Å². The van der Waals surface area contributed by atoms with E-state index in [0.717, 1.165) is 12.8 Å². The molecular formula is C35H56O17. The highest BCUT2D eigenvalue weighted by Gasteiger charge is 2.54. The molecule has 0 bridgehead atoms. The molecular weight excluding hydrogens is 692 g/mol. The van der Waals surface area contributed by atoms with E-state index in [0.29, 0.717) is 25.7 Å². The molecule has 52 heavy (non-hydrogen) atoms. The van der Waals surface area contributed by atoms with Gasteiger partial charge in [-0.25, -0.2) is 4.79 Å². The first-order valence-corrected chi connectivity index (χ1v) is 18.7. The number of carbonyl (C=O) groups is 1. The van der Waals surface area contributed by atoms with Gasteiger partial charge in [0, 0.05) is 12.0 Å². The maximum absolute atomic E-state index is 12.7. The molecule has 3 aliphatic carbocycles. The number of ether oxygens (including phenoxy) is 6. The number of allylic oxidation sites excluding steroid dienone is 1. The minimum atomic E-state index is -1.77. The summed E-state index contributed by atoms with van der Waals surface area (Å²) >= 11 is 0. The first-order chi connectivity index (χ1) is 24.8. The smallest absolute Gasteiger partial charge is 0.330 e. The summed E-state index contributed by atoms with van der Waals surface area (Å²) in [4.78, 5) is 12.7. The Balaban J connectivity index is 1.21. The molecule has 3 aliphatic heterocycles. The van der Waals surface area contributed by atoms with Gasteiger partial charge in [0.15, 0.2) is 12.6 Å². The zero-order chi connectivity index (χ0) is 37.3. The topological polar surface area (TPSA) is 275 Å². The average molecular weight is 749 g/mol. The first-order valence-electron chi connectivity index (χ1n) is 18.7. The summed E-state index contributed by atoms with van der Waals surface area (Å²) in [6, 6.07) is 0. The summed E-state index contributed by atoms with van der Waals surface area (Å²) in [5.41, 5.74) is 0. The number of aliphatic hydroxyl groups excluding tert-OH is 10. The van der Waals surface area contributed by atoms with Crippen molar-refractivity contribution in [1.82, 2.24) is 0 Å². The summed E-state index contributed by atoms with van der Waals surface area (Å²) in [6.45, 7) is -0.904. The summed E-state index contributed by atoms with van der Waals surface area (Å²) in [6.07, 6.45) is -13.2. The molecule has 6 aliphatic rings. The maximum Gasteiger partial charge on any atom is 0.330 e. The van der Waals surface area contributed by atoms with Gasteiger partial charge in [-0.05, 0) is 76.0 Å². The van der Waals surface area contributed by atoms with Crippen molar-refractivity contribution in [2.24, 2.45) is 17.8 Å². The van der Waals surface area contributed by atoms with Crippen LogP contribution in [0.4, 0.5) is 0 Å². The van der Waals surface area contributed by atoms with E-state index in [-0.39, 0.29) is 43.6 Å². The zero-order valence-electron chi connectivity index (χ0n) is 29.0. The molecule has 0 radical (unpaired) electrons. The number of hydrogen-bond acceptors (Lipinski definition) is 17. The Morgan fingerprint density at radius 3 is 2.13 bits per heavy atom. The Morgan fingerprint density at radius 2 is 1.40 bits per heavy atom. The molecule has 0 aromatic carbocycles. The van der Waals surface area contributed by atoms with E-state index in [1.54, 1.807) is 6.08 Å². The van der Waals surface area contributed by atoms with Gasteiger partial charge in [0.2, 0.25) is 0 Å². The molecule has 298 valence electrons. The van der Waals surface area contributed by atoms with Gasteiger partial charge in [-0.1, -0.05) is 6.08 Å². The largest absolute Gasteiger partial charge is 0.460 e. The van der Waals surface area contributed by atoms with Gasteiger partial charge in [-0.2, -0.15) is 0 Å². The van der Waals surface area contributed by atoms with Crippen molar-refractivity contribution >= 4 is 5.97 Å². The lowest BCUT2D eigenvalue weighted by Gasteiger charge is -2.51. The molecule has 0 amide bonds. The van der Waals surface area contributed by atoms with Crippen molar-refractivity contribution in [3.05, 3.63) is 12.2 Å². The van der Waals surface area contributed by atoms with E-state index in [9.17, 15) is 55.9 Å². The molecule has 6 rings (SSSR count). The summed E-state index contributed by atoms with van der Waals surface area (Å²) < 4.78 is 35.9. The minimum Gasteiger partial charge on any atom is -0.460 e. The third kappa shape index (κ3) is 9.34. The molecule has 3 saturated heterocycles. The molecule has 10 N–H and O–H groups in total. The minimum absolute atomic E-state index is 0.103. The monoisotopic (exact) mass is 748 g/mol. The highest BCUT2D eigenvalue weighted by atomic mass is 16.8. The first kappa shape index (κ1) is 40.3. The van der Waals surface area contributed by atoms with Crippen molar-refractivity contribution < 1.29 is 84.3 Å². The molecule has 17 nitrogen and oxygen atoms in total.